The number of anilines is 2. The van der Waals surface area contributed by atoms with Gasteiger partial charge in [0, 0.05) is 16.2 Å². The molecule has 0 bridgehead atoms. The van der Waals surface area contributed by atoms with Crippen LogP contribution in [0.4, 0.5) is 11.4 Å². The highest BCUT2D eigenvalue weighted by Gasteiger charge is 2.15. The normalized spacial score (nSPS) is 11.1. The Hall–Kier alpha value is -1.73. The van der Waals surface area contributed by atoms with Crippen LogP contribution in [0, 0.1) is 0 Å². The third kappa shape index (κ3) is 3.23. The Labute approximate surface area is 125 Å². The van der Waals surface area contributed by atoms with Crippen LogP contribution in [0.1, 0.15) is 0 Å². The van der Waals surface area contributed by atoms with Gasteiger partial charge in [0.25, 0.3) is 10.0 Å². The highest BCUT2D eigenvalue weighted by Crippen LogP contribution is 2.29. The molecule has 2 aromatic carbocycles. The molecule has 0 aliphatic carbocycles. The molecule has 7 heteroatoms. The van der Waals surface area contributed by atoms with E-state index in [1.165, 1.54) is 31.4 Å². The smallest absolute Gasteiger partial charge is 0.261 e. The summed E-state index contributed by atoms with van der Waals surface area (Å²) in [7, 11) is -2.15. The van der Waals surface area contributed by atoms with Crippen LogP contribution in [0.3, 0.4) is 0 Å². The second kappa shape index (κ2) is 5.72. The van der Waals surface area contributed by atoms with Gasteiger partial charge in [-0.2, -0.15) is 0 Å². The van der Waals surface area contributed by atoms with E-state index in [-0.39, 0.29) is 4.90 Å². The van der Waals surface area contributed by atoms with Gasteiger partial charge in [-0.3, -0.25) is 4.72 Å². The Morgan fingerprint density at radius 3 is 2.40 bits per heavy atom. The van der Waals surface area contributed by atoms with Crippen molar-refractivity contribution in [3.8, 4) is 5.75 Å². The predicted molar refractivity (Wildman–Crippen MR) is 82.4 cm³/mol. The summed E-state index contributed by atoms with van der Waals surface area (Å²) in [6.45, 7) is 0. The van der Waals surface area contributed by atoms with Crippen LogP contribution in [0.15, 0.2) is 51.8 Å². The first-order valence-corrected chi connectivity index (χ1v) is 7.92. The number of methoxy groups -OCH3 is 1. The lowest BCUT2D eigenvalue weighted by molar-refractivity contribution is 0.415. The third-order valence-electron chi connectivity index (χ3n) is 2.61. The van der Waals surface area contributed by atoms with E-state index in [4.69, 9.17) is 10.5 Å². The lowest BCUT2D eigenvalue weighted by atomic mass is 10.3. The molecule has 0 amide bonds. The fraction of sp³-hybridized carbons (Fsp3) is 0.0769. The van der Waals surface area contributed by atoms with Gasteiger partial charge in [0.15, 0.2) is 0 Å². The molecular weight excluding hydrogens is 344 g/mol. The zero-order valence-electron chi connectivity index (χ0n) is 10.6. The van der Waals surface area contributed by atoms with E-state index in [2.05, 4.69) is 20.7 Å². The number of ether oxygens (including phenoxy) is 1. The topological polar surface area (TPSA) is 81.4 Å². The molecule has 0 fully saturated rings. The van der Waals surface area contributed by atoms with Crippen molar-refractivity contribution in [2.75, 3.05) is 17.6 Å². The molecule has 0 aliphatic rings. The molecule has 0 spiro atoms. The van der Waals surface area contributed by atoms with Crippen molar-refractivity contribution < 1.29 is 13.2 Å². The van der Waals surface area contributed by atoms with Gasteiger partial charge in [-0.1, -0.05) is 0 Å². The molecular formula is C13H13BrN2O3S. The Bertz CT molecular complexity index is 715. The second-order valence-corrected chi connectivity index (χ2v) is 6.56. The second-order valence-electron chi connectivity index (χ2n) is 4.02. The number of nitrogen functional groups attached to an aromatic ring is 1. The Morgan fingerprint density at radius 1 is 1.15 bits per heavy atom. The third-order valence-corrected chi connectivity index (χ3v) is 4.68. The van der Waals surface area contributed by atoms with Crippen LogP contribution in [-0.4, -0.2) is 15.5 Å². The molecule has 2 aromatic rings. The Kier molecular flexibility index (Phi) is 4.20. The lowest BCUT2D eigenvalue weighted by Crippen LogP contribution is -2.13. The van der Waals surface area contributed by atoms with Gasteiger partial charge < -0.3 is 10.5 Å². The molecule has 0 saturated carbocycles. The SMILES string of the molecule is COc1ccc(Br)c(NS(=O)(=O)c2ccc(N)cc2)c1. The first-order chi connectivity index (χ1) is 9.42. The molecule has 0 aromatic heterocycles. The molecule has 0 aliphatic heterocycles. The van der Waals surface area contributed by atoms with Crippen molar-refractivity contribution in [3.63, 3.8) is 0 Å². The fourth-order valence-corrected chi connectivity index (χ4v) is 3.11. The van der Waals surface area contributed by atoms with E-state index in [1.54, 1.807) is 18.2 Å². The monoisotopic (exact) mass is 356 g/mol. The van der Waals surface area contributed by atoms with Gasteiger partial charge >= 0.3 is 0 Å². The number of nitrogens with one attached hydrogen (secondary N) is 1. The van der Waals surface area contributed by atoms with Gasteiger partial charge in [-0.25, -0.2) is 8.42 Å². The molecule has 0 saturated heterocycles. The Morgan fingerprint density at radius 2 is 1.80 bits per heavy atom. The van der Waals surface area contributed by atoms with Gasteiger partial charge in [-0.15, -0.1) is 0 Å². The number of benzene rings is 2. The van der Waals surface area contributed by atoms with Gasteiger partial charge in [0.2, 0.25) is 0 Å². The summed E-state index contributed by atoms with van der Waals surface area (Å²) in [5.41, 5.74) is 6.46. The lowest BCUT2D eigenvalue weighted by Gasteiger charge is -2.11. The highest BCUT2D eigenvalue weighted by molar-refractivity contribution is 9.10. The molecule has 3 N–H and O–H groups in total. The van der Waals surface area contributed by atoms with Crippen LogP contribution in [0.5, 0.6) is 5.75 Å². The van der Waals surface area contributed by atoms with Gasteiger partial charge in [0.05, 0.1) is 17.7 Å². The number of hydrogen-bond acceptors (Lipinski definition) is 4. The standard InChI is InChI=1S/C13H13BrN2O3S/c1-19-10-4-7-12(14)13(8-10)16-20(17,18)11-5-2-9(15)3-6-11/h2-8,16H,15H2,1H3. The summed E-state index contributed by atoms with van der Waals surface area (Å²) >= 11 is 3.29. The van der Waals surface area contributed by atoms with Crippen LogP contribution in [0.25, 0.3) is 0 Å². The summed E-state index contributed by atoms with van der Waals surface area (Å²) in [4.78, 5) is 0.140. The minimum absolute atomic E-state index is 0.140. The van der Waals surface area contributed by atoms with E-state index in [0.717, 1.165) is 0 Å². The minimum atomic E-state index is -3.67. The molecule has 0 atom stereocenters. The summed E-state index contributed by atoms with van der Waals surface area (Å²) in [5.74, 6) is 0.559. The van der Waals surface area contributed by atoms with E-state index in [0.29, 0.717) is 21.6 Å². The molecule has 5 nitrogen and oxygen atoms in total. The number of sulfonamides is 1. The quantitative estimate of drug-likeness (QED) is 0.825. The maximum atomic E-state index is 12.3. The van der Waals surface area contributed by atoms with E-state index in [1.807, 2.05) is 0 Å². The van der Waals surface area contributed by atoms with Crippen molar-refractivity contribution in [1.29, 1.82) is 0 Å². The van der Waals surface area contributed by atoms with Crippen LogP contribution in [-0.2, 0) is 10.0 Å². The number of halogens is 1. The summed E-state index contributed by atoms with van der Waals surface area (Å²) in [6.07, 6.45) is 0. The molecule has 106 valence electrons. The van der Waals surface area contributed by atoms with Gasteiger partial charge in [0.1, 0.15) is 5.75 Å². The number of hydrogen-bond donors (Lipinski definition) is 2. The molecule has 20 heavy (non-hydrogen) atoms. The minimum Gasteiger partial charge on any atom is -0.497 e. The van der Waals surface area contributed by atoms with Crippen molar-refractivity contribution in [2.45, 2.75) is 4.90 Å². The first kappa shape index (κ1) is 14.7. The highest BCUT2D eigenvalue weighted by atomic mass is 79.9. The van der Waals surface area contributed by atoms with Crippen LogP contribution in [0.2, 0.25) is 0 Å². The zero-order chi connectivity index (χ0) is 14.8. The van der Waals surface area contributed by atoms with E-state index >= 15 is 0 Å². The van der Waals surface area contributed by atoms with Gasteiger partial charge in [-0.05, 0) is 52.3 Å². The van der Waals surface area contributed by atoms with E-state index in [9.17, 15) is 8.42 Å². The number of rotatable bonds is 4. The maximum absolute atomic E-state index is 12.3. The molecule has 0 unspecified atom stereocenters. The van der Waals surface area contributed by atoms with Crippen molar-refractivity contribution in [1.82, 2.24) is 0 Å². The molecule has 0 heterocycles. The first-order valence-electron chi connectivity index (χ1n) is 5.64. The summed E-state index contributed by atoms with van der Waals surface area (Å²) in [6, 6.07) is 11.0. The van der Waals surface area contributed by atoms with Crippen LogP contribution >= 0.6 is 15.9 Å². The predicted octanol–water partition coefficient (Wildman–Crippen LogP) is 2.84. The number of nitrogens with two attached hydrogens (primary N) is 1. The average molecular weight is 357 g/mol. The molecule has 2 rings (SSSR count). The largest absolute Gasteiger partial charge is 0.497 e. The fourth-order valence-electron chi connectivity index (χ4n) is 1.56. The molecule has 0 radical (unpaired) electrons. The Balaban J connectivity index is 2.35. The maximum Gasteiger partial charge on any atom is 0.261 e. The average Bonchev–Trinajstić information content (AvgIpc) is 2.41. The van der Waals surface area contributed by atoms with Crippen LogP contribution < -0.4 is 15.2 Å². The zero-order valence-corrected chi connectivity index (χ0v) is 13.0. The van der Waals surface area contributed by atoms with Crippen molar-refractivity contribution in [2.24, 2.45) is 0 Å². The summed E-state index contributed by atoms with van der Waals surface area (Å²) < 4.78 is 32.7. The summed E-state index contributed by atoms with van der Waals surface area (Å²) in [5, 5.41) is 0. The van der Waals surface area contributed by atoms with Crippen molar-refractivity contribution >= 4 is 37.3 Å². The van der Waals surface area contributed by atoms with E-state index < -0.39 is 10.0 Å². The van der Waals surface area contributed by atoms with Crippen molar-refractivity contribution in [3.05, 3.63) is 46.9 Å².